The SMILES string of the molecule is CC/C=C\C/C=C\C/C=C\C/C=C\C/C=C\CCCC(=O)OC(COC(=O)C/C=C\C/C=C\C/C=C\CC)COC(=O)CCCCCCCCCCCC/C=C\C=C/CCCCC. The molecule has 0 fully saturated rings. The van der Waals surface area contributed by atoms with Gasteiger partial charge in [0.05, 0.1) is 6.42 Å². The van der Waals surface area contributed by atoms with Crippen molar-refractivity contribution in [3.8, 4) is 0 Å². The van der Waals surface area contributed by atoms with Crippen molar-refractivity contribution in [1.82, 2.24) is 0 Å². The minimum Gasteiger partial charge on any atom is -0.462 e. The highest BCUT2D eigenvalue weighted by Gasteiger charge is 2.19. The molecule has 0 saturated heterocycles. The number of allylic oxidation sites excluding steroid dienone is 19. The number of carbonyl (C=O) groups is 3. The normalized spacial score (nSPS) is 13.1. The van der Waals surface area contributed by atoms with Crippen molar-refractivity contribution in [1.29, 1.82) is 0 Å². The fraction of sp³-hybridized carbons (Fsp3) is 0.596. The van der Waals surface area contributed by atoms with Gasteiger partial charge in [0.25, 0.3) is 0 Å². The molecule has 0 amide bonds. The van der Waals surface area contributed by atoms with E-state index < -0.39 is 18.0 Å². The summed E-state index contributed by atoms with van der Waals surface area (Å²) in [4.78, 5) is 37.8. The van der Waals surface area contributed by atoms with Crippen molar-refractivity contribution < 1.29 is 28.6 Å². The Bertz CT molecular complexity index is 1370. The Kier molecular flexibility index (Phi) is 47.1. The number of unbranched alkanes of at least 4 members (excludes halogenated alkanes) is 14. The molecule has 0 aromatic rings. The average molecular weight is 871 g/mol. The van der Waals surface area contributed by atoms with Gasteiger partial charge in [-0.1, -0.05) is 206 Å². The van der Waals surface area contributed by atoms with Gasteiger partial charge in [0, 0.05) is 12.8 Å². The Morgan fingerprint density at radius 3 is 1.24 bits per heavy atom. The van der Waals surface area contributed by atoms with E-state index in [0.717, 1.165) is 77.0 Å². The monoisotopic (exact) mass is 871 g/mol. The second-order valence-corrected chi connectivity index (χ2v) is 16.0. The van der Waals surface area contributed by atoms with E-state index in [9.17, 15) is 14.4 Å². The molecule has 0 heterocycles. The molecule has 6 nitrogen and oxygen atoms in total. The fourth-order valence-electron chi connectivity index (χ4n) is 6.29. The standard InChI is InChI=1S/C57H90O6/c1-4-7-10-13-16-19-21-23-25-27-28-30-31-33-35-38-41-44-47-50-56(59)62-53-54(52-61-55(58)49-46-43-40-37-18-15-12-9-6-3)63-57(60)51-48-45-42-39-36-34-32-29-26-24-22-20-17-14-11-8-5-2/h8-9,11-12,16-21,23-24,26,32,34,37,39,42-43,46,54H,4-7,10,13-15,22,25,27-31,33,35-36,38,40-41,44-45,47-53H2,1-3H3/b11-8-,12-9-,19-16-,20-17-,23-21-,26-24-,34-32-,37-18-,42-39-,46-43-. The lowest BCUT2D eigenvalue weighted by Gasteiger charge is -2.18. The van der Waals surface area contributed by atoms with Crippen LogP contribution in [-0.4, -0.2) is 37.2 Å². The molecule has 0 radical (unpaired) electrons. The van der Waals surface area contributed by atoms with Crippen LogP contribution in [0.3, 0.4) is 0 Å². The fourth-order valence-corrected chi connectivity index (χ4v) is 6.29. The van der Waals surface area contributed by atoms with E-state index in [0.29, 0.717) is 12.8 Å². The van der Waals surface area contributed by atoms with Gasteiger partial charge >= 0.3 is 17.9 Å². The molecule has 0 spiro atoms. The predicted octanol–water partition coefficient (Wildman–Crippen LogP) is 16.5. The third kappa shape index (κ3) is 48.7. The Morgan fingerprint density at radius 2 is 0.746 bits per heavy atom. The van der Waals surface area contributed by atoms with Gasteiger partial charge < -0.3 is 14.2 Å². The van der Waals surface area contributed by atoms with E-state index in [2.05, 4.69) is 130 Å². The summed E-state index contributed by atoms with van der Waals surface area (Å²) < 4.78 is 16.6. The maximum absolute atomic E-state index is 12.7. The number of esters is 3. The molecule has 1 atom stereocenters. The van der Waals surface area contributed by atoms with E-state index in [1.807, 2.05) is 6.08 Å². The highest BCUT2D eigenvalue weighted by molar-refractivity contribution is 5.72. The largest absolute Gasteiger partial charge is 0.462 e. The quantitative estimate of drug-likeness (QED) is 0.0200. The zero-order chi connectivity index (χ0) is 45.8. The molecule has 0 bridgehead atoms. The van der Waals surface area contributed by atoms with E-state index in [1.54, 1.807) is 6.08 Å². The summed E-state index contributed by atoms with van der Waals surface area (Å²) in [6.07, 6.45) is 69.4. The van der Waals surface area contributed by atoms with Gasteiger partial charge in [-0.25, -0.2) is 0 Å². The average Bonchev–Trinajstić information content (AvgIpc) is 3.28. The second-order valence-electron chi connectivity index (χ2n) is 16.0. The predicted molar refractivity (Wildman–Crippen MR) is 269 cm³/mol. The van der Waals surface area contributed by atoms with Crippen LogP contribution in [0.5, 0.6) is 0 Å². The van der Waals surface area contributed by atoms with E-state index in [-0.39, 0.29) is 32.0 Å². The molecule has 1 unspecified atom stereocenters. The summed E-state index contributed by atoms with van der Waals surface area (Å²) in [5.74, 6) is -1.13. The Labute approximate surface area is 386 Å². The van der Waals surface area contributed by atoms with Crippen molar-refractivity contribution in [2.75, 3.05) is 13.2 Å². The number of carbonyl (C=O) groups excluding carboxylic acids is 3. The van der Waals surface area contributed by atoms with Crippen LogP contribution in [0.25, 0.3) is 0 Å². The lowest BCUT2D eigenvalue weighted by atomic mass is 10.1. The third-order valence-corrected chi connectivity index (χ3v) is 9.99. The molecule has 0 saturated carbocycles. The smallest absolute Gasteiger partial charge is 0.309 e. The van der Waals surface area contributed by atoms with Gasteiger partial charge in [-0.3, -0.25) is 14.4 Å². The molecule has 0 aliphatic carbocycles. The lowest BCUT2D eigenvalue weighted by molar-refractivity contribution is -0.166. The molecular weight excluding hydrogens is 781 g/mol. The summed E-state index contributed by atoms with van der Waals surface area (Å²) in [7, 11) is 0. The van der Waals surface area contributed by atoms with Gasteiger partial charge in [-0.15, -0.1) is 0 Å². The molecule has 0 aromatic heterocycles. The number of ether oxygens (including phenoxy) is 3. The van der Waals surface area contributed by atoms with Gasteiger partial charge in [0.2, 0.25) is 0 Å². The first-order chi connectivity index (χ1) is 31.0. The van der Waals surface area contributed by atoms with Crippen molar-refractivity contribution in [3.63, 3.8) is 0 Å². The Balaban J connectivity index is 4.47. The molecule has 0 aliphatic heterocycles. The maximum Gasteiger partial charge on any atom is 0.309 e. The highest BCUT2D eigenvalue weighted by atomic mass is 16.6. The van der Waals surface area contributed by atoms with Crippen molar-refractivity contribution >= 4 is 17.9 Å². The van der Waals surface area contributed by atoms with Crippen LogP contribution >= 0.6 is 0 Å². The van der Waals surface area contributed by atoms with Crippen LogP contribution in [0.2, 0.25) is 0 Å². The van der Waals surface area contributed by atoms with Crippen LogP contribution in [0.4, 0.5) is 0 Å². The summed E-state index contributed by atoms with van der Waals surface area (Å²) >= 11 is 0. The van der Waals surface area contributed by atoms with E-state index in [1.165, 1.54) is 77.0 Å². The molecular formula is C57H90O6. The first-order valence-corrected chi connectivity index (χ1v) is 25.1. The van der Waals surface area contributed by atoms with Crippen LogP contribution in [-0.2, 0) is 28.6 Å². The summed E-state index contributed by atoms with van der Waals surface area (Å²) in [5.41, 5.74) is 0. The molecule has 0 aromatic carbocycles. The minimum atomic E-state index is -0.846. The van der Waals surface area contributed by atoms with Gasteiger partial charge in [-0.2, -0.15) is 0 Å². The van der Waals surface area contributed by atoms with Crippen molar-refractivity contribution in [3.05, 3.63) is 122 Å². The topological polar surface area (TPSA) is 78.9 Å². The van der Waals surface area contributed by atoms with Crippen LogP contribution < -0.4 is 0 Å². The molecule has 354 valence electrons. The number of rotatable bonds is 43. The van der Waals surface area contributed by atoms with Gasteiger partial charge in [0.15, 0.2) is 6.10 Å². The van der Waals surface area contributed by atoms with Crippen LogP contribution in [0.15, 0.2) is 122 Å². The van der Waals surface area contributed by atoms with Crippen molar-refractivity contribution in [2.45, 2.75) is 207 Å². The van der Waals surface area contributed by atoms with Gasteiger partial charge in [-0.05, 0) is 96.3 Å². The summed E-state index contributed by atoms with van der Waals surface area (Å²) in [6.45, 7) is 6.21. The van der Waals surface area contributed by atoms with E-state index in [4.69, 9.17) is 14.2 Å². The van der Waals surface area contributed by atoms with Gasteiger partial charge in [0.1, 0.15) is 13.2 Å². The first kappa shape index (κ1) is 58.8. The number of hydrogen-bond acceptors (Lipinski definition) is 6. The number of hydrogen-bond donors (Lipinski definition) is 0. The summed E-state index contributed by atoms with van der Waals surface area (Å²) in [6, 6.07) is 0. The van der Waals surface area contributed by atoms with Crippen LogP contribution in [0, 0.1) is 0 Å². The third-order valence-electron chi connectivity index (χ3n) is 9.99. The first-order valence-electron chi connectivity index (χ1n) is 25.1. The zero-order valence-electron chi connectivity index (χ0n) is 40.3. The molecule has 0 N–H and O–H groups in total. The van der Waals surface area contributed by atoms with Crippen molar-refractivity contribution in [2.24, 2.45) is 0 Å². The minimum absolute atomic E-state index is 0.118. The Morgan fingerprint density at radius 1 is 0.365 bits per heavy atom. The van der Waals surface area contributed by atoms with Crippen LogP contribution in [0.1, 0.15) is 201 Å². The summed E-state index contributed by atoms with van der Waals surface area (Å²) in [5, 5.41) is 0. The molecule has 0 rings (SSSR count). The van der Waals surface area contributed by atoms with E-state index >= 15 is 0 Å². The molecule has 6 heteroatoms. The molecule has 63 heavy (non-hydrogen) atoms. The Hall–Kier alpha value is -4.19. The maximum atomic E-state index is 12.7. The highest BCUT2D eigenvalue weighted by Crippen LogP contribution is 2.13. The second kappa shape index (κ2) is 50.5. The molecule has 0 aliphatic rings. The lowest BCUT2D eigenvalue weighted by Crippen LogP contribution is -2.30. The zero-order valence-corrected chi connectivity index (χ0v) is 40.3.